The lowest BCUT2D eigenvalue weighted by atomic mass is 10.2. The third kappa shape index (κ3) is 3.08. The zero-order valence-corrected chi connectivity index (χ0v) is 11.3. The van der Waals surface area contributed by atoms with Crippen LogP contribution in [0.3, 0.4) is 0 Å². The summed E-state index contributed by atoms with van der Waals surface area (Å²) in [6, 6.07) is 4.46. The fourth-order valence-corrected chi connectivity index (χ4v) is 1.90. The van der Waals surface area contributed by atoms with Crippen LogP contribution >= 0.6 is 12.2 Å². The number of benzene rings is 1. The summed E-state index contributed by atoms with van der Waals surface area (Å²) in [7, 11) is 0. The molecule has 0 saturated heterocycles. The van der Waals surface area contributed by atoms with Crippen LogP contribution in [0.4, 0.5) is 4.39 Å². The standard InChI is InChI=1S/C13H14FN3OS/c1-2-6-17-8-9(7-16-17)18-11-5-3-4-10(14)12(11)13(15)19/h3-5,7-8H,2,6H2,1H3,(H2,15,19). The van der Waals surface area contributed by atoms with E-state index in [4.69, 9.17) is 22.7 Å². The van der Waals surface area contributed by atoms with E-state index in [1.807, 2.05) is 0 Å². The summed E-state index contributed by atoms with van der Waals surface area (Å²) in [5.41, 5.74) is 5.62. The summed E-state index contributed by atoms with van der Waals surface area (Å²) in [6.45, 7) is 2.86. The Hall–Kier alpha value is -1.95. The molecule has 1 aromatic carbocycles. The van der Waals surface area contributed by atoms with Crippen molar-refractivity contribution in [3.05, 3.63) is 42.0 Å². The van der Waals surface area contributed by atoms with Gasteiger partial charge in [0.1, 0.15) is 16.6 Å². The summed E-state index contributed by atoms with van der Waals surface area (Å²) in [5, 5.41) is 4.13. The molecule has 0 bridgehead atoms. The molecule has 100 valence electrons. The molecule has 2 rings (SSSR count). The van der Waals surface area contributed by atoms with E-state index in [0.717, 1.165) is 13.0 Å². The van der Waals surface area contributed by atoms with Gasteiger partial charge in [0.05, 0.1) is 18.0 Å². The maximum absolute atomic E-state index is 13.7. The summed E-state index contributed by atoms with van der Waals surface area (Å²) < 4.78 is 21.0. The van der Waals surface area contributed by atoms with Crippen LogP contribution < -0.4 is 10.5 Å². The van der Waals surface area contributed by atoms with E-state index in [9.17, 15) is 4.39 Å². The highest BCUT2D eigenvalue weighted by Crippen LogP contribution is 2.26. The first-order valence-corrected chi connectivity index (χ1v) is 6.31. The van der Waals surface area contributed by atoms with Crippen molar-refractivity contribution in [2.75, 3.05) is 0 Å². The van der Waals surface area contributed by atoms with Crippen molar-refractivity contribution < 1.29 is 9.13 Å². The van der Waals surface area contributed by atoms with Gasteiger partial charge < -0.3 is 10.5 Å². The van der Waals surface area contributed by atoms with E-state index in [1.165, 1.54) is 6.07 Å². The molecule has 0 fully saturated rings. The topological polar surface area (TPSA) is 53.1 Å². The molecule has 0 unspecified atom stereocenters. The second-order valence-electron chi connectivity index (χ2n) is 4.02. The van der Waals surface area contributed by atoms with Gasteiger partial charge in [-0.3, -0.25) is 4.68 Å². The monoisotopic (exact) mass is 279 g/mol. The van der Waals surface area contributed by atoms with Gasteiger partial charge in [0.15, 0.2) is 5.75 Å². The highest BCUT2D eigenvalue weighted by Gasteiger charge is 2.13. The highest BCUT2D eigenvalue weighted by atomic mass is 32.1. The Morgan fingerprint density at radius 2 is 2.32 bits per heavy atom. The van der Waals surface area contributed by atoms with E-state index in [0.29, 0.717) is 11.5 Å². The van der Waals surface area contributed by atoms with Crippen molar-refractivity contribution in [2.45, 2.75) is 19.9 Å². The van der Waals surface area contributed by atoms with Gasteiger partial charge in [-0.1, -0.05) is 25.2 Å². The lowest BCUT2D eigenvalue weighted by Crippen LogP contribution is -2.13. The van der Waals surface area contributed by atoms with Crippen molar-refractivity contribution in [3.63, 3.8) is 0 Å². The molecule has 2 N–H and O–H groups in total. The average molecular weight is 279 g/mol. The molecular formula is C13H14FN3OS. The van der Waals surface area contributed by atoms with E-state index in [1.54, 1.807) is 29.2 Å². The number of rotatable bonds is 5. The van der Waals surface area contributed by atoms with Crippen LogP contribution in [0.15, 0.2) is 30.6 Å². The van der Waals surface area contributed by atoms with Gasteiger partial charge in [0.25, 0.3) is 0 Å². The zero-order valence-electron chi connectivity index (χ0n) is 10.5. The molecule has 19 heavy (non-hydrogen) atoms. The molecular weight excluding hydrogens is 265 g/mol. The van der Waals surface area contributed by atoms with Gasteiger partial charge in [-0.05, 0) is 18.6 Å². The molecule has 0 aliphatic heterocycles. The predicted molar refractivity (Wildman–Crippen MR) is 74.9 cm³/mol. The Kier molecular flexibility index (Phi) is 4.11. The normalized spacial score (nSPS) is 10.4. The minimum atomic E-state index is -0.494. The smallest absolute Gasteiger partial charge is 0.165 e. The first-order valence-electron chi connectivity index (χ1n) is 5.90. The fraction of sp³-hybridized carbons (Fsp3) is 0.231. The molecule has 0 spiro atoms. The van der Waals surface area contributed by atoms with Crippen LogP contribution in [0, 0.1) is 5.82 Å². The maximum atomic E-state index is 13.7. The Morgan fingerprint density at radius 3 is 3.00 bits per heavy atom. The first-order chi connectivity index (χ1) is 9.11. The van der Waals surface area contributed by atoms with Gasteiger partial charge >= 0.3 is 0 Å². The summed E-state index contributed by atoms with van der Waals surface area (Å²) in [6.07, 6.45) is 4.29. The molecule has 0 aliphatic carbocycles. The third-order valence-electron chi connectivity index (χ3n) is 2.51. The predicted octanol–water partition coefficient (Wildman–Crippen LogP) is 2.86. The number of nitrogens with zero attached hydrogens (tertiary/aromatic N) is 2. The number of halogens is 1. The van der Waals surface area contributed by atoms with Crippen LogP contribution in [0.5, 0.6) is 11.5 Å². The molecule has 0 atom stereocenters. The number of aryl methyl sites for hydroxylation is 1. The van der Waals surface area contributed by atoms with Crippen molar-refractivity contribution in [1.29, 1.82) is 0 Å². The van der Waals surface area contributed by atoms with Crippen LogP contribution in [0.25, 0.3) is 0 Å². The zero-order chi connectivity index (χ0) is 13.8. The average Bonchev–Trinajstić information content (AvgIpc) is 2.76. The molecule has 1 aromatic heterocycles. The van der Waals surface area contributed by atoms with Crippen LogP contribution in [0.1, 0.15) is 18.9 Å². The number of hydrogen-bond donors (Lipinski definition) is 1. The molecule has 6 heteroatoms. The molecule has 0 aliphatic rings. The van der Waals surface area contributed by atoms with Gasteiger partial charge in [0, 0.05) is 6.54 Å². The van der Waals surface area contributed by atoms with Crippen LogP contribution in [0.2, 0.25) is 0 Å². The van der Waals surface area contributed by atoms with Crippen molar-refractivity contribution >= 4 is 17.2 Å². The second kappa shape index (κ2) is 5.79. The quantitative estimate of drug-likeness (QED) is 0.855. The number of ether oxygens (including phenoxy) is 1. The lowest BCUT2D eigenvalue weighted by Gasteiger charge is -2.09. The van der Waals surface area contributed by atoms with E-state index in [-0.39, 0.29) is 10.6 Å². The largest absolute Gasteiger partial charge is 0.453 e. The SMILES string of the molecule is CCCn1cc(Oc2cccc(F)c2C(N)=S)cn1. The van der Waals surface area contributed by atoms with E-state index >= 15 is 0 Å². The minimum Gasteiger partial charge on any atom is -0.453 e. The Morgan fingerprint density at radius 1 is 1.53 bits per heavy atom. The molecule has 0 saturated carbocycles. The summed E-state index contributed by atoms with van der Waals surface area (Å²) in [5.74, 6) is 0.325. The molecule has 2 aromatic rings. The van der Waals surface area contributed by atoms with Crippen LogP contribution in [-0.4, -0.2) is 14.8 Å². The van der Waals surface area contributed by atoms with Gasteiger partial charge in [-0.25, -0.2) is 4.39 Å². The lowest BCUT2D eigenvalue weighted by molar-refractivity contribution is 0.473. The Labute approximate surface area is 116 Å². The summed E-state index contributed by atoms with van der Waals surface area (Å²) in [4.78, 5) is -0.0333. The number of nitrogens with two attached hydrogens (primary N) is 1. The Balaban J connectivity index is 2.27. The second-order valence-corrected chi connectivity index (χ2v) is 4.46. The Bertz CT molecular complexity index is 597. The number of hydrogen-bond acceptors (Lipinski definition) is 3. The van der Waals surface area contributed by atoms with Crippen molar-refractivity contribution in [2.24, 2.45) is 5.73 Å². The van der Waals surface area contributed by atoms with Crippen LogP contribution in [-0.2, 0) is 6.54 Å². The fourth-order valence-electron chi connectivity index (χ4n) is 1.70. The van der Waals surface area contributed by atoms with Gasteiger partial charge in [-0.2, -0.15) is 5.10 Å². The van der Waals surface area contributed by atoms with Gasteiger partial charge in [-0.15, -0.1) is 0 Å². The highest BCUT2D eigenvalue weighted by molar-refractivity contribution is 7.80. The summed E-state index contributed by atoms with van der Waals surface area (Å²) >= 11 is 4.84. The minimum absolute atomic E-state index is 0.0333. The van der Waals surface area contributed by atoms with Gasteiger partial charge in [0.2, 0.25) is 0 Å². The first kappa shape index (κ1) is 13.5. The van der Waals surface area contributed by atoms with Crippen molar-refractivity contribution in [3.8, 4) is 11.5 Å². The number of thiocarbonyl (C=S) groups is 1. The third-order valence-corrected chi connectivity index (χ3v) is 2.72. The maximum Gasteiger partial charge on any atom is 0.165 e. The molecule has 0 radical (unpaired) electrons. The number of aromatic nitrogens is 2. The van der Waals surface area contributed by atoms with Crippen molar-refractivity contribution in [1.82, 2.24) is 9.78 Å². The molecule has 0 amide bonds. The van der Waals surface area contributed by atoms with E-state index in [2.05, 4.69) is 12.0 Å². The molecule has 4 nitrogen and oxygen atoms in total. The van der Waals surface area contributed by atoms with E-state index < -0.39 is 5.82 Å². The molecule has 1 heterocycles.